The predicted octanol–water partition coefficient (Wildman–Crippen LogP) is 4.45. The lowest BCUT2D eigenvalue weighted by Gasteiger charge is -2.14. The van der Waals surface area contributed by atoms with Crippen molar-refractivity contribution in [2.75, 3.05) is 26.0 Å². The minimum Gasteiger partial charge on any atom is -0.496 e. The number of hydrogen-bond acceptors (Lipinski definition) is 8. The van der Waals surface area contributed by atoms with E-state index in [4.69, 9.17) is 14.5 Å². The zero-order chi connectivity index (χ0) is 27.1. The summed E-state index contributed by atoms with van der Waals surface area (Å²) in [6.45, 7) is 4.41. The Balaban J connectivity index is 1.62. The summed E-state index contributed by atoms with van der Waals surface area (Å²) in [6.07, 6.45) is 0.727. The maximum atomic E-state index is 13.8. The number of carbonyl (C=O) groups is 2. The SMILES string of the molecule is CCOC(=O)c1sc2nc(SCC(=O)NCCc3ccccc3)n(Cc3ccccc3OC)c(=O)c2c1C. The fourth-order valence-electron chi connectivity index (χ4n) is 4.01. The minimum absolute atomic E-state index is 0.0910. The van der Waals surface area contributed by atoms with Gasteiger partial charge in [-0.3, -0.25) is 14.2 Å². The maximum Gasteiger partial charge on any atom is 0.348 e. The van der Waals surface area contributed by atoms with Crippen LogP contribution >= 0.6 is 23.1 Å². The molecule has 1 amide bonds. The van der Waals surface area contributed by atoms with E-state index in [1.807, 2.05) is 54.6 Å². The van der Waals surface area contributed by atoms with Crippen molar-refractivity contribution >= 4 is 45.2 Å². The van der Waals surface area contributed by atoms with E-state index < -0.39 is 5.97 Å². The van der Waals surface area contributed by atoms with Crippen LogP contribution in [0.4, 0.5) is 0 Å². The number of hydrogen-bond donors (Lipinski definition) is 1. The van der Waals surface area contributed by atoms with Crippen LogP contribution in [0.3, 0.4) is 0 Å². The number of rotatable bonds is 11. The van der Waals surface area contributed by atoms with Crippen molar-refractivity contribution in [3.05, 3.63) is 86.5 Å². The Kier molecular flexibility index (Phi) is 9.19. The molecular formula is C28H29N3O5S2. The van der Waals surface area contributed by atoms with Gasteiger partial charge in [0.1, 0.15) is 15.5 Å². The van der Waals surface area contributed by atoms with Crippen LogP contribution in [0.2, 0.25) is 0 Å². The van der Waals surface area contributed by atoms with Gasteiger partial charge in [0.2, 0.25) is 5.91 Å². The summed E-state index contributed by atoms with van der Waals surface area (Å²) in [4.78, 5) is 44.4. The number of nitrogens with one attached hydrogen (secondary N) is 1. The van der Waals surface area contributed by atoms with Crippen molar-refractivity contribution in [2.24, 2.45) is 0 Å². The summed E-state index contributed by atoms with van der Waals surface area (Å²) in [5.74, 6) is 0.103. The molecule has 0 aliphatic carbocycles. The van der Waals surface area contributed by atoms with Crippen LogP contribution in [0.25, 0.3) is 10.2 Å². The smallest absolute Gasteiger partial charge is 0.348 e. The van der Waals surface area contributed by atoms with Gasteiger partial charge in [0.15, 0.2) is 5.16 Å². The molecular weight excluding hydrogens is 522 g/mol. The van der Waals surface area contributed by atoms with E-state index >= 15 is 0 Å². The van der Waals surface area contributed by atoms with Crippen LogP contribution in [0, 0.1) is 6.92 Å². The number of benzene rings is 2. The van der Waals surface area contributed by atoms with Crippen LogP contribution < -0.4 is 15.6 Å². The van der Waals surface area contributed by atoms with Crippen LogP contribution in [0.1, 0.15) is 33.3 Å². The molecule has 0 radical (unpaired) electrons. The lowest BCUT2D eigenvalue weighted by Crippen LogP contribution is -2.28. The number of thioether (sulfide) groups is 1. The number of esters is 1. The molecule has 0 aliphatic rings. The zero-order valence-corrected chi connectivity index (χ0v) is 23.1. The summed E-state index contributed by atoms with van der Waals surface area (Å²) in [5.41, 5.74) is 2.21. The molecule has 0 atom stereocenters. The van der Waals surface area contributed by atoms with Crippen molar-refractivity contribution in [3.8, 4) is 5.75 Å². The summed E-state index contributed by atoms with van der Waals surface area (Å²) < 4.78 is 12.2. The van der Waals surface area contributed by atoms with Crippen LogP contribution in [-0.4, -0.2) is 47.4 Å². The third-order valence-corrected chi connectivity index (χ3v) is 8.05. The van der Waals surface area contributed by atoms with E-state index in [-0.39, 0.29) is 30.4 Å². The topological polar surface area (TPSA) is 99.5 Å². The third kappa shape index (κ3) is 6.25. The van der Waals surface area contributed by atoms with Gasteiger partial charge in [-0.2, -0.15) is 0 Å². The average Bonchev–Trinajstić information content (AvgIpc) is 3.26. The quantitative estimate of drug-likeness (QED) is 0.167. The number of amides is 1. The van der Waals surface area contributed by atoms with Gasteiger partial charge in [-0.25, -0.2) is 9.78 Å². The number of fused-ring (bicyclic) bond motifs is 1. The molecule has 2 aromatic carbocycles. The van der Waals surface area contributed by atoms with Crippen LogP contribution in [0.5, 0.6) is 5.75 Å². The fourth-order valence-corrected chi connectivity index (χ4v) is 5.96. The van der Waals surface area contributed by atoms with E-state index in [1.54, 1.807) is 21.0 Å². The minimum atomic E-state index is -0.476. The third-order valence-electron chi connectivity index (χ3n) is 5.91. The number of aromatic nitrogens is 2. The second-order valence-electron chi connectivity index (χ2n) is 8.43. The highest BCUT2D eigenvalue weighted by Crippen LogP contribution is 2.30. The molecule has 0 saturated heterocycles. The van der Waals surface area contributed by atoms with Crippen molar-refractivity contribution < 1.29 is 19.1 Å². The highest BCUT2D eigenvalue weighted by atomic mass is 32.2. The largest absolute Gasteiger partial charge is 0.496 e. The Morgan fingerprint density at radius 3 is 2.58 bits per heavy atom. The number of carbonyl (C=O) groups excluding carboxylic acids is 2. The molecule has 2 aromatic heterocycles. The lowest BCUT2D eigenvalue weighted by atomic mass is 10.1. The summed E-state index contributed by atoms with van der Waals surface area (Å²) >= 11 is 2.32. The Bertz CT molecular complexity index is 1500. The molecule has 4 rings (SSSR count). The molecule has 0 bridgehead atoms. The van der Waals surface area contributed by atoms with Gasteiger partial charge in [-0.15, -0.1) is 11.3 Å². The Labute approximate surface area is 229 Å². The molecule has 4 aromatic rings. The van der Waals surface area contributed by atoms with E-state index in [1.165, 1.54) is 16.3 Å². The van der Waals surface area contributed by atoms with Crippen molar-refractivity contribution in [1.82, 2.24) is 14.9 Å². The fraction of sp³-hybridized carbons (Fsp3) is 0.286. The predicted molar refractivity (Wildman–Crippen MR) is 151 cm³/mol. The van der Waals surface area contributed by atoms with Gasteiger partial charge < -0.3 is 14.8 Å². The molecule has 1 N–H and O–H groups in total. The van der Waals surface area contributed by atoms with E-state index in [2.05, 4.69) is 5.32 Å². The number of para-hydroxylation sites is 1. The first-order valence-electron chi connectivity index (χ1n) is 12.2. The second kappa shape index (κ2) is 12.7. The number of thiophene rings is 1. The van der Waals surface area contributed by atoms with E-state index in [0.29, 0.717) is 38.1 Å². The monoisotopic (exact) mass is 551 g/mol. The Morgan fingerprint density at radius 1 is 1.11 bits per heavy atom. The Hall–Kier alpha value is -3.63. The van der Waals surface area contributed by atoms with Crippen molar-refractivity contribution in [1.29, 1.82) is 0 Å². The number of ether oxygens (including phenoxy) is 2. The van der Waals surface area contributed by atoms with Crippen LogP contribution in [-0.2, 0) is 22.5 Å². The second-order valence-corrected chi connectivity index (χ2v) is 10.4. The van der Waals surface area contributed by atoms with Gasteiger partial charge in [-0.05, 0) is 37.5 Å². The average molecular weight is 552 g/mol. The molecule has 0 fully saturated rings. The first kappa shape index (κ1) is 27.4. The molecule has 198 valence electrons. The summed E-state index contributed by atoms with van der Waals surface area (Å²) in [7, 11) is 1.58. The standard InChI is InChI=1S/C28H29N3O5S2/c1-4-36-27(34)24-18(2)23-25(38-24)30-28(31(26(23)33)16-20-12-8-9-13-21(20)35-3)37-17-22(32)29-15-14-19-10-6-5-7-11-19/h5-13H,4,14-17H2,1-3H3,(H,29,32). The Morgan fingerprint density at radius 2 is 1.84 bits per heavy atom. The zero-order valence-electron chi connectivity index (χ0n) is 21.5. The highest BCUT2D eigenvalue weighted by Gasteiger charge is 2.23. The van der Waals surface area contributed by atoms with Crippen molar-refractivity contribution in [2.45, 2.75) is 32.0 Å². The maximum absolute atomic E-state index is 13.8. The normalized spacial score (nSPS) is 10.9. The van der Waals surface area contributed by atoms with E-state index in [0.717, 1.165) is 28.9 Å². The highest BCUT2D eigenvalue weighted by molar-refractivity contribution is 7.99. The van der Waals surface area contributed by atoms with E-state index in [9.17, 15) is 14.4 Å². The summed E-state index contributed by atoms with van der Waals surface area (Å²) in [6, 6.07) is 17.4. The molecule has 8 nitrogen and oxygen atoms in total. The molecule has 0 saturated carbocycles. The molecule has 2 heterocycles. The van der Waals surface area contributed by atoms with Gasteiger partial charge >= 0.3 is 5.97 Å². The number of aryl methyl sites for hydroxylation is 1. The van der Waals surface area contributed by atoms with Gasteiger partial charge in [0, 0.05) is 12.1 Å². The molecule has 38 heavy (non-hydrogen) atoms. The van der Waals surface area contributed by atoms with Gasteiger partial charge in [-0.1, -0.05) is 60.3 Å². The first-order chi connectivity index (χ1) is 18.4. The van der Waals surface area contributed by atoms with Crippen LogP contribution in [0.15, 0.2) is 64.5 Å². The molecule has 0 unspecified atom stereocenters. The summed E-state index contributed by atoms with van der Waals surface area (Å²) in [5, 5.41) is 3.70. The molecule has 0 aliphatic heterocycles. The van der Waals surface area contributed by atoms with Crippen molar-refractivity contribution in [3.63, 3.8) is 0 Å². The lowest BCUT2D eigenvalue weighted by molar-refractivity contribution is -0.118. The molecule has 0 spiro atoms. The number of methoxy groups -OCH3 is 1. The number of nitrogens with zero attached hydrogens (tertiary/aromatic N) is 2. The van der Waals surface area contributed by atoms with Gasteiger partial charge in [0.25, 0.3) is 5.56 Å². The van der Waals surface area contributed by atoms with Gasteiger partial charge in [0.05, 0.1) is 31.4 Å². The molecule has 10 heteroatoms. The first-order valence-corrected chi connectivity index (χ1v) is 14.0.